The zero-order valence-corrected chi connectivity index (χ0v) is 20.1. The van der Waals surface area contributed by atoms with E-state index in [1.807, 2.05) is 35.2 Å². The summed E-state index contributed by atoms with van der Waals surface area (Å²) < 4.78 is 25.0. The first-order chi connectivity index (χ1) is 16.9. The van der Waals surface area contributed by atoms with Crippen molar-refractivity contribution in [2.75, 3.05) is 31.6 Å². The van der Waals surface area contributed by atoms with Crippen LogP contribution in [0, 0.1) is 5.82 Å². The first kappa shape index (κ1) is 21.8. The molecule has 6 rings (SSSR count). The number of rotatable bonds is 4. The number of thiazole rings is 1. The lowest BCUT2D eigenvalue weighted by molar-refractivity contribution is -0.127. The predicted molar refractivity (Wildman–Crippen MR) is 132 cm³/mol. The predicted octanol–water partition coefficient (Wildman–Crippen LogP) is 5.27. The average molecular weight is 491 g/mol. The molecule has 0 N–H and O–H groups in total. The van der Waals surface area contributed by atoms with E-state index in [1.54, 1.807) is 26.2 Å². The maximum absolute atomic E-state index is 13.7. The number of likely N-dealkylation sites (tertiary alicyclic amines) is 1. The number of aromatic nitrogens is 2. The van der Waals surface area contributed by atoms with Gasteiger partial charge in [0.05, 0.1) is 7.11 Å². The SMILES string of the molecule is COc1ccc2nc(N3CC4(CCN(C(C)=O)C4)c4cc(Oc5cccc(F)c5)ccc43)sc2n1. The van der Waals surface area contributed by atoms with Gasteiger partial charge in [0.2, 0.25) is 11.8 Å². The Bertz CT molecular complexity index is 1460. The monoisotopic (exact) mass is 490 g/mol. The molecule has 0 saturated carbocycles. The van der Waals surface area contributed by atoms with Crippen molar-refractivity contribution in [2.24, 2.45) is 0 Å². The van der Waals surface area contributed by atoms with Crippen LogP contribution in [0.1, 0.15) is 18.9 Å². The van der Waals surface area contributed by atoms with Crippen LogP contribution in [0.25, 0.3) is 10.3 Å². The number of nitrogens with zero attached hydrogens (tertiary/aromatic N) is 4. The molecule has 2 aliphatic rings. The van der Waals surface area contributed by atoms with Crippen LogP contribution in [-0.4, -0.2) is 47.5 Å². The van der Waals surface area contributed by atoms with Crippen LogP contribution in [0.3, 0.4) is 0 Å². The quantitative estimate of drug-likeness (QED) is 0.388. The summed E-state index contributed by atoms with van der Waals surface area (Å²) in [6.07, 6.45) is 0.844. The van der Waals surface area contributed by atoms with Gasteiger partial charge in [-0.15, -0.1) is 0 Å². The summed E-state index contributed by atoms with van der Waals surface area (Å²) in [6, 6.07) is 15.8. The van der Waals surface area contributed by atoms with Crippen molar-refractivity contribution in [3.63, 3.8) is 0 Å². The van der Waals surface area contributed by atoms with Crippen molar-refractivity contribution in [2.45, 2.75) is 18.8 Å². The van der Waals surface area contributed by atoms with E-state index in [2.05, 4.69) is 9.88 Å². The van der Waals surface area contributed by atoms with Gasteiger partial charge in [-0.25, -0.2) is 14.4 Å². The first-order valence-corrected chi connectivity index (χ1v) is 12.2. The summed E-state index contributed by atoms with van der Waals surface area (Å²) in [5.41, 5.74) is 2.72. The van der Waals surface area contributed by atoms with Crippen LogP contribution in [0.15, 0.2) is 54.6 Å². The molecule has 0 bridgehead atoms. The largest absolute Gasteiger partial charge is 0.481 e. The van der Waals surface area contributed by atoms with Crippen molar-refractivity contribution in [3.05, 3.63) is 66.0 Å². The van der Waals surface area contributed by atoms with E-state index in [0.29, 0.717) is 37.0 Å². The lowest BCUT2D eigenvalue weighted by Gasteiger charge is -2.25. The zero-order chi connectivity index (χ0) is 24.2. The van der Waals surface area contributed by atoms with Gasteiger partial charge in [0.1, 0.15) is 27.7 Å². The van der Waals surface area contributed by atoms with Crippen molar-refractivity contribution in [1.29, 1.82) is 0 Å². The van der Waals surface area contributed by atoms with Crippen molar-refractivity contribution >= 4 is 38.4 Å². The summed E-state index contributed by atoms with van der Waals surface area (Å²) in [5, 5.41) is 0.846. The second-order valence-electron chi connectivity index (χ2n) is 8.97. The number of hydrogen-bond donors (Lipinski definition) is 0. The first-order valence-electron chi connectivity index (χ1n) is 11.4. The summed E-state index contributed by atoms with van der Waals surface area (Å²) in [5.74, 6) is 1.35. The maximum atomic E-state index is 13.7. The number of ether oxygens (including phenoxy) is 2. The Morgan fingerprint density at radius 2 is 1.94 bits per heavy atom. The van der Waals surface area contributed by atoms with E-state index in [-0.39, 0.29) is 17.1 Å². The zero-order valence-electron chi connectivity index (χ0n) is 19.3. The highest BCUT2D eigenvalue weighted by Gasteiger charge is 2.49. The van der Waals surface area contributed by atoms with Crippen molar-refractivity contribution in [3.8, 4) is 17.4 Å². The fourth-order valence-corrected chi connectivity index (χ4v) is 6.00. The third kappa shape index (κ3) is 3.76. The normalized spacial score (nSPS) is 18.9. The van der Waals surface area contributed by atoms with Gasteiger partial charge < -0.3 is 19.3 Å². The number of methoxy groups -OCH3 is 1. The molecule has 178 valence electrons. The van der Waals surface area contributed by atoms with Crippen LogP contribution in [-0.2, 0) is 10.2 Å². The molecule has 1 fully saturated rings. The standard InChI is InChI=1S/C26H23FN4O3S/c1-16(32)30-11-10-26(14-30)15-31(25-28-21-7-9-23(33-2)29-24(21)35-25)22-8-6-19(13-20(22)26)34-18-5-3-4-17(27)12-18/h3-9,12-13H,10-11,14-15H2,1-2H3. The number of carbonyl (C=O) groups excluding carboxylic acids is 1. The van der Waals surface area contributed by atoms with E-state index in [0.717, 1.165) is 33.2 Å². The Hall–Kier alpha value is -3.72. The number of pyridine rings is 1. The van der Waals surface area contributed by atoms with Crippen molar-refractivity contribution < 1.29 is 18.7 Å². The molecule has 1 amide bonds. The van der Waals surface area contributed by atoms with Crippen LogP contribution < -0.4 is 14.4 Å². The number of carbonyl (C=O) groups is 1. The summed E-state index contributed by atoms with van der Waals surface area (Å²) >= 11 is 1.52. The molecule has 1 atom stereocenters. The highest BCUT2D eigenvalue weighted by molar-refractivity contribution is 7.21. The molecule has 0 radical (unpaired) electrons. The van der Waals surface area contributed by atoms with Crippen LogP contribution in [0.5, 0.6) is 17.4 Å². The van der Waals surface area contributed by atoms with Gasteiger partial charge in [-0.1, -0.05) is 17.4 Å². The lowest BCUT2D eigenvalue weighted by atomic mass is 9.81. The minimum absolute atomic E-state index is 0.0744. The second-order valence-corrected chi connectivity index (χ2v) is 9.93. The molecule has 1 saturated heterocycles. The molecule has 4 aromatic rings. The lowest BCUT2D eigenvalue weighted by Crippen LogP contribution is -2.36. The van der Waals surface area contributed by atoms with E-state index < -0.39 is 0 Å². The summed E-state index contributed by atoms with van der Waals surface area (Å²) in [7, 11) is 1.60. The van der Waals surface area contributed by atoms with Crippen LogP contribution >= 0.6 is 11.3 Å². The molecular formula is C26H23FN4O3S. The van der Waals surface area contributed by atoms with E-state index in [1.165, 1.54) is 23.5 Å². The number of hydrogen-bond acceptors (Lipinski definition) is 7. The molecule has 2 aromatic heterocycles. The minimum Gasteiger partial charge on any atom is -0.481 e. The van der Waals surface area contributed by atoms with Gasteiger partial charge >= 0.3 is 0 Å². The molecule has 1 spiro atoms. The Morgan fingerprint density at radius 1 is 1.09 bits per heavy atom. The number of benzene rings is 2. The molecule has 1 unspecified atom stereocenters. The fourth-order valence-electron chi connectivity index (χ4n) is 5.06. The number of fused-ring (bicyclic) bond motifs is 3. The van der Waals surface area contributed by atoms with Gasteiger partial charge in [0, 0.05) is 49.8 Å². The van der Waals surface area contributed by atoms with Crippen molar-refractivity contribution in [1.82, 2.24) is 14.9 Å². The van der Waals surface area contributed by atoms with Gasteiger partial charge in [-0.05, 0) is 48.4 Å². The van der Waals surface area contributed by atoms with Gasteiger partial charge in [-0.2, -0.15) is 0 Å². The third-order valence-electron chi connectivity index (χ3n) is 6.78. The molecule has 7 nitrogen and oxygen atoms in total. The Balaban J connectivity index is 1.41. The molecule has 2 aromatic carbocycles. The molecule has 4 heterocycles. The topological polar surface area (TPSA) is 67.8 Å². The highest BCUT2D eigenvalue weighted by Crippen LogP contribution is 2.51. The Labute approximate surface area is 205 Å². The van der Waals surface area contributed by atoms with E-state index in [4.69, 9.17) is 14.5 Å². The maximum Gasteiger partial charge on any atom is 0.219 e. The molecule has 35 heavy (non-hydrogen) atoms. The number of halogens is 1. The number of anilines is 2. The minimum atomic E-state index is -0.347. The second kappa shape index (κ2) is 8.20. The molecule has 2 aliphatic heterocycles. The van der Waals surface area contributed by atoms with Gasteiger partial charge in [-0.3, -0.25) is 4.79 Å². The molecule has 9 heteroatoms. The van der Waals surface area contributed by atoms with E-state index in [9.17, 15) is 9.18 Å². The van der Waals surface area contributed by atoms with Gasteiger partial charge in [0.15, 0.2) is 5.13 Å². The van der Waals surface area contributed by atoms with Gasteiger partial charge in [0.25, 0.3) is 0 Å². The Kier molecular flexibility index (Phi) is 5.10. The Morgan fingerprint density at radius 3 is 2.71 bits per heavy atom. The summed E-state index contributed by atoms with van der Waals surface area (Å²) in [6.45, 7) is 3.65. The van der Waals surface area contributed by atoms with E-state index >= 15 is 0 Å². The highest BCUT2D eigenvalue weighted by atomic mass is 32.1. The molecular weight excluding hydrogens is 467 g/mol. The summed E-state index contributed by atoms with van der Waals surface area (Å²) in [4.78, 5) is 26.5. The average Bonchev–Trinajstić information content (AvgIpc) is 3.55. The molecule has 0 aliphatic carbocycles. The smallest absolute Gasteiger partial charge is 0.219 e. The van der Waals surface area contributed by atoms with Crippen LogP contribution in [0.2, 0.25) is 0 Å². The van der Waals surface area contributed by atoms with Crippen LogP contribution in [0.4, 0.5) is 15.2 Å². The number of amides is 1. The fraction of sp³-hybridized carbons (Fsp3) is 0.269. The third-order valence-corrected chi connectivity index (χ3v) is 7.77.